The molecule has 0 bridgehead atoms. The standard InChI is InChI=1S/C17H27N3O2S/c1-18-17(19-8-4-5-11-23-3)20(2)13-14-6-7-15-16(12-14)22-10-9-21-15/h6-7,12H,4-5,8-11,13H2,1-3H3,(H,18,19). The van der Waals surface area contributed by atoms with Gasteiger partial charge in [-0.05, 0) is 42.5 Å². The van der Waals surface area contributed by atoms with Crippen LogP contribution in [0.2, 0.25) is 0 Å². The van der Waals surface area contributed by atoms with Crippen LogP contribution in [0.4, 0.5) is 0 Å². The van der Waals surface area contributed by atoms with Crippen molar-refractivity contribution in [1.29, 1.82) is 0 Å². The van der Waals surface area contributed by atoms with Crippen LogP contribution in [0.5, 0.6) is 11.5 Å². The molecule has 23 heavy (non-hydrogen) atoms. The summed E-state index contributed by atoms with van der Waals surface area (Å²) >= 11 is 1.89. The molecule has 1 aromatic carbocycles. The predicted octanol–water partition coefficient (Wildman–Crippen LogP) is 2.61. The second-order valence-corrected chi connectivity index (χ2v) is 6.49. The van der Waals surface area contributed by atoms with Gasteiger partial charge in [0.25, 0.3) is 0 Å². The summed E-state index contributed by atoms with van der Waals surface area (Å²) in [6, 6.07) is 6.11. The van der Waals surface area contributed by atoms with E-state index in [0.29, 0.717) is 13.2 Å². The quantitative estimate of drug-likeness (QED) is 0.471. The average Bonchev–Trinajstić information content (AvgIpc) is 2.58. The third-order valence-electron chi connectivity index (χ3n) is 3.66. The molecular formula is C17H27N3O2S. The zero-order valence-electron chi connectivity index (χ0n) is 14.3. The van der Waals surface area contributed by atoms with Gasteiger partial charge in [-0.25, -0.2) is 0 Å². The average molecular weight is 337 g/mol. The van der Waals surface area contributed by atoms with Crippen LogP contribution in [0.3, 0.4) is 0 Å². The number of guanidine groups is 1. The first-order valence-electron chi connectivity index (χ1n) is 8.04. The third-order valence-corrected chi connectivity index (χ3v) is 4.35. The molecule has 0 radical (unpaired) electrons. The van der Waals surface area contributed by atoms with E-state index in [-0.39, 0.29) is 0 Å². The largest absolute Gasteiger partial charge is 0.486 e. The summed E-state index contributed by atoms with van der Waals surface area (Å²) < 4.78 is 11.2. The third kappa shape index (κ3) is 5.53. The Balaban J connectivity index is 1.85. The van der Waals surface area contributed by atoms with E-state index in [1.807, 2.05) is 31.9 Å². The van der Waals surface area contributed by atoms with E-state index < -0.39 is 0 Å². The minimum absolute atomic E-state index is 0.617. The summed E-state index contributed by atoms with van der Waals surface area (Å²) in [6.45, 7) is 2.98. The van der Waals surface area contributed by atoms with E-state index in [2.05, 4.69) is 33.6 Å². The second-order valence-electron chi connectivity index (χ2n) is 5.51. The van der Waals surface area contributed by atoms with Crippen molar-refractivity contribution < 1.29 is 9.47 Å². The molecule has 5 nitrogen and oxygen atoms in total. The smallest absolute Gasteiger partial charge is 0.193 e. The number of aliphatic imine (C=N–C) groups is 1. The first kappa shape index (κ1) is 17.8. The molecule has 2 rings (SSSR count). The molecule has 0 unspecified atom stereocenters. The lowest BCUT2D eigenvalue weighted by atomic mass is 10.2. The summed E-state index contributed by atoms with van der Waals surface area (Å²) in [5.41, 5.74) is 1.18. The van der Waals surface area contributed by atoms with Gasteiger partial charge in [-0.2, -0.15) is 11.8 Å². The van der Waals surface area contributed by atoms with Crippen LogP contribution in [0.1, 0.15) is 18.4 Å². The molecular weight excluding hydrogens is 310 g/mol. The molecule has 0 spiro atoms. The highest BCUT2D eigenvalue weighted by atomic mass is 32.2. The van der Waals surface area contributed by atoms with Gasteiger partial charge in [-0.1, -0.05) is 6.07 Å². The van der Waals surface area contributed by atoms with Gasteiger partial charge in [0.05, 0.1) is 0 Å². The van der Waals surface area contributed by atoms with Crippen LogP contribution in [0.25, 0.3) is 0 Å². The van der Waals surface area contributed by atoms with E-state index in [0.717, 1.165) is 37.0 Å². The van der Waals surface area contributed by atoms with Crippen LogP contribution in [-0.2, 0) is 6.54 Å². The predicted molar refractivity (Wildman–Crippen MR) is 97.9 cm³/mol. The zero-order chi connectivity index (χ0) is 16.5. The van der Waals surface area contributed by atoms with Crippen molar-refractivity contribution in [2.24, 2.45) is 4.99 Å². The summed E-state index contributed by atoms with van der Waals surface area (Å²) in [5, 5.41) is 3.42. The Hall–Kier alpha value is -1.56. The lowest BCUT2D eigenvalue weighted by Gasteiger charge is -2.23. The Morgan fingerprint density at radius 2 is 2.04 bits per heavy atom. The van der Waals surface area contributed by atoms with E-state index in [4.69, 9.17) is 9.47 Å². The number of fused-ring (bicyclic) bond motifs is 1. The summed E-state index contributed by atoms with van der Waals surface area (Å²) in [4.78, 5) is 6.48. The van der Waals surface area contributed by atoms with Crippen molar-refractivity contribution in [2.75, 3.05) is 45.9 Å². The van der Waals surface area contributed by atoms with Crippen LogP contribution < -0.4 is 14.8 Å². The Morgan fingerprint density at radius 1 is 1.26 bits per heavy atom. The monoisotopic (exact) mass is 337 g/mol. The molecule has 0 aliphatic carbocycles. The summed E-state index contributed by atoms with van der Waals surface area (Å²) in [6.07, 6.45) is 4.54. The lowest BCUT2D eigenvalue weighted by Crippen LogP contribution is -2.38. The number of hydrogen-bond acceptors (Lipinski definition) is 4. The zero-order valence-corrected chi connectivity index (χ0v) is 15.1. The highest BCUT2D eigenvalue weighted by molar-refractivity contribution is 7.98. The molecule has 1 aliphatic rings. The minimum atomic E-state index is 0.617. The maximum atomic E-state index is 5.64. The summed E-state index contributed by atoms with van der Waals surface area (Å²) in [5.74, 6) is 3.80. The summed E-state index contributed by atoms with van der Waals surface area (Å²) in [7, 11) is 3.87. The van der Waals surface area contributed by atoms with Gasteiger partial charge in [0.1, 0.15) is 13.2 Å². The number of rotatable bonds is 7. The van der Waals surface area contributed by atoms with E-state index in [1.54, 1.807) is 0 Å². The van der Waals surface area contributed by atoms with Crippen molar-refractivity contribution in [3.63, 3.8) is 0 Å². The number of ether oxygens (including phenoxy) is 2. The van der Waals surface area contributed by atoms with E-state index >= 15 is 0 Å². The molecule has 1 aromatic rings. The molecule has 1 heterocycles. The van der Waals surface area contributed by atoms with Gasteiger partial charge < -0.3 is 19.7 Å². The maximum Gasteiger partial charge on any atom is 0.193 e. The number of nitrogens with one attached hydrogen (secondary N) is 1. The fraction of sp³-hybridized carbons (Fsp3) is 0.588. The van der Waals surface area contributed by atoms with E-state index in [9.17, 15) is 0 Å². The Labute approximate surface area is 143 Å². The molecule has 0 aromatic heterocycles. The van der Waals surface area contributed by atoms with Gasteiger partial charge in [0, 0.05) is 27.2 Å². The highest BCUT2D eigenvalue weighted by Gasteiger charge is 2.13. The van der Waals surface area contributed by atoms with Crippen LogP contribution in [0.15, 0.2) is 23.2 Å². The molecule has 1 aliphatic heterocycles. The molecule has 0 saturated heterocycles. The topological polar surface area (TPSA) is 46.1 Å². The maximum absolute atomic E-state index is 5.64. The molecule has 0 fully saturated rings. The van der Waals surface area contributed by atoms with Gasteiger partial charge in [0.15, 0.2) is 17.5 Å². The second kappa shape index (κ2) is 9.55. The van der Waals surface area contributed by atoms with Gasteiger partial charge in [-0.3, -0.25) is 4.99 Å². The van der Waals surface area contributed by atoms with Gasteiger partial charge in [-0.15, -0.1) is 0 Å². The van der Waals surface area contributed by atoms with Crippen LogP contribution >= 0.6 is 11.8 Å². The normalized spacial score (nSPS) is 13.8. The van der Waals surface area contributed by atoms with Crippen molar-refractivity contribution in [3.8, 4) is 11.5 Å². The number of thioether (sulfide) groups is 1. The first-order chi connectivity index (χ1) is 11.2. The SMILES string of the molecule is CN=C(NCCCCSC)N(C)Cc1ccc2c(c1)OCCO2. The van der Waals surface area contributed by atoms with Crippen molar-refractivity contribution >= 4 is 17.7 Å². The first-order valence-corrected chi connectivity index (χ1v) is 9.43. The molecule has 0 atom stereocenters. The molecule has 1 N–H and O–H groups in total. The fourth-order valence-electron chi connectivity index (χ4n) is 2.49. The van der Waals surface area contributed by atoms with Crippen molar-refractivity contribution in [1.82, 2.24) is 10.2 Å². The molecule has 6 heteroatoms. The number of hydrogen-bond donors (Lipinski definition) is 1. The fourth-order valence-corrected chi connectivity index (χ4v) is 2.98. The molecule has 0 amide bonds. The van der Waals surface area contributed by atoms with E-state index in [1.165, 1.54) is 17.7 Å². The number of nitrogens with zero attached hydrogens (tertiary/aromatic N) is 2. The van der Waals surface area contributed by atoms with Gasteiger partial charge >= 0.3 is 0 Å². The van der Waals surface area contributed by atoms with Gasteiger partial charge in [0.2, 0.25) is 0 Å². The Morgan fingerprint density at radius 3 is 2.78 bits per heavy atom. The lowest BCUT2D eigenvalue weighted by molar-refractivity contribution is 0.171. The highest BCUT2D eigenvalue weighted by Crippen LogP contribution is 2.30. The molecule has 0 saturated carbocycles. The molecule has 128 valence electrons. The number of unbranched alkanes of at least 4 members (excludes halogenated alkanes) is 1. The van der Waals surface area contributed by atoms with Crippen LogP contribution in [0, 0.1) is 0 Å². The minimum Gasteiger partial charge on any atom is -0.486 e. The number of benzene rings is 1. The van der Waals surface area contributed by atoms with Crippen LogP contribution in [-0.4, -0.2) is 56.7 Å². The van der Waals surface area contributed by atoms with Crippen molar-refractivity contribution in [3.05, 3.63) is 23.8 Å². The Kier molecular flexibility index (Phi) is 7.39. The van der Waals surface area contributed by atoms with Crippen molar-refractivity contribution in [2.45, 2.75) is 19.4 Å². The Bertz CT molecular complexity index is 523.